The summed E-state index contributed by atoms with van der Waals surface area (Å²) in [6.07, 6.45) is 0.452. The van der Waals surface area contributed by atoms with Crippen molar-refractivity contribution in [3.63, 3.8) is 0 Å². The van der Waals surface area contributed by atoms with E-state index in [9.17, 15) is 13.2 Å². The molecule has 3 aromatic carbocycles. The van der Waals surface area contributed by atoms with Gasteiger partial charge in [0.15, 0.2) is 9.84 Å². The quantitative estimate of drug-likeness (QED) is 0.548. The predicted octanol–water partition coefficient (Wildman–Crippen LogP) is 3.97. The van der Waals surface area contributed by atoms with Crippen LogP contribution in [-0.4, -0.2) is 36.9 Å². The fourth-order valence-corrected chi connectivity index (χ4v) is 5.80. The van der Waals surface area contributed by atoms with Crippen LogP contribution >= 0.6 is 0 Å². The Labute approximate surface area is 174 Å². The smallest absolute Gasteiger partial charge is 0.252 e. The van der Waals surface area contributed by atoms with Gasteiger partial charge >= 0.3 is 0 Å². The number of hydrogen-bond acceptors (Lipinski definition) is 4. The largest absolute Gasteiger partial charge is 0.348 e. The normalized spacial score (nSPS) is 17.9. The predicted molar refractivity (Wildman–Crippen MR) is 119 cm³/mol. The first-order valence-corrected chi connectivity index (χ1v) is 11.7. The van der Waals surface area contributed by atoms with Gasteiger partial charge < -0.3 is 5.32 Å². The minimum absolute atomic E-state index is 0.00205. The number of rotatable bonds is 3. The lowest BCUT2D eigenvalue weighted by molar-refractivity contribution is 0.0943. The highest BCUT2D eigenvalue weighted by molar-refractivity contribution is 7.91. The van der Waals surface area contributed by atoms with Gasteiger partial charge in [-0.15, -0.1) is 0 Å². The maximum Gasteiger partial charge on any atom is 0.252 e. The van der Waals surface area contributed by atoms with Gasteiger partial charge in [0.25, 0.3) is 5.91 Å². The van der Waals surface area contributed by atoms with Gasteiger partial charge in [-0.3, -0.25) is 4.79 Å². The number of carbonyl (C=O) groups excluding carboxylic acids is 1. The van der Waals surface area contributed by atoms with Crippen LogP contribution in [0.25, 0.3) is 32.9 Å². The lowest BCUT2D eigenvalue weighted by atomic mass is 9.99. The highest BCUT2D eigenvalue weighted by Gasteiger charge is 2.29. The molecule has 0 saturated carbocycles. The topological polar surface area (TPSA) is 76.1 Å². The Bertz CT molecular complexity index is 1390. The third-order valence-corrected chi connectivity index (χ3v) is 7.36. The van der Waals surface area contributed by atoms with E-state index in [1.807, 2.05) is 72.8 Å². The second kappa shape index (κ2) is 7.22. The molecule has 1 aromatic heterocycles. The molecule has 1 aliphatic heterocycles. The SMILES string of the molecule is O=C(NC1CCS(=O)(=O)C1)c1cc(-c2cccc3ccccc23)nc2ccccc12. The molecule has 6 heteroatoms. The zero-order valence-electron chi connectivity index (χ0n) is 16.2. The van der Waals surface area contributed by atoms with E-state index in [1.165, 1.54) is 0 Å². The summed E-state index contributed by atoms with van der Waals surface area (Å²) in [6, 6.07) is 23.1. The number of aromatic nitrogens is 1. The minimum Gasteiger partial charge on any atom is -0.348 e. The molecule has 1 N–H and O–H groups in total. The Balaban J connectivity index is 1.62. The van der Waals surface area contributed by atoms with Crippen LogP contribution in [0.15, 0.2) is 72.8 Å². The van der Waals surface area contributed by atoms with Crippen LogP contribution < -0.4 is 5.32 Å². The van der Waals surface area contributed by atoms with E-state index in [0.29, 0.717) is 12.0 Å². The summed E-state index contributed by atoms with van der Waals surface area (Å²) in [5, 5.41) is 5.83. The fourth-order valence-electron chi connectivity index (χ4n) is 4.12. The summed E-state index contributed by atoms with van der Waals surface area (Å²) in [7, 11) is -3.07. The Morgan fingerprint density at radius 1 is 0.933 bits per heavy atom. The standard InChI is InChI=1S/C24H20N2O3S/c27-24(25-17-12-13-30(28,29)15-17)21-14-23(26-22-11-4-3-9-20(21)22)19-10-5-7-16-6-1-2-8-18(16)19/h1-11,14,17H,12-13,15H2,(H,25,27). The molecule has 0 aliphatic carbocycles. The number of carbonyl (C=O) groups is 1. The Morgan fingerprint density at radius 3 is 2.47 bits per heavy atom. The molecule has 1 amide bonds. The third-order valence-electron chi connectivity index (χ3n) is 5.59. The van der Waals surface area contributed by atoms with Crippen LogP contribution in [0.1, 0.15) is 16.8 Å². The number of benzene rings is 3. The molecule has 1 aliphatic rings. The highest BCUT2D eigenvalue weighted by atomic mass is 32.2. The minimum atomic E-state index is -3.07. The lowest BCUT2D eigenvalue weighted by Crippen LogP contribution is -2.35. The molecule has 0 spiro atoms. The molecule has 4 aromatic rings. The van der Waals surface area contributed by atoms with E-state index in [2.05, 4.69) is 5.32 Å². The van der Waals surface area contributed by atoms with E-state index in [-0.39, 0.29) is 23.5 Å². The van der Waals surface area contributed by atoms with E-state index >= 15 is 0 Å². The molecule has 2 heterocycles. The van der Waals surface area contributed by atoms with Crippen LogP contribution in [0, 0.1) is 0 Å². The third kappa shape index (κ3) is 3.44. The van der Waals surface area contributed by atoms with Gasteiger partial charge in [0.1, 0.15) is 0 Å². The molecule has 1 unspecified atom stereocenters. The van der Waals surface area contributed by atoms with Gasteiger partial charge in [0.05, 0.1) is 28.3 Å². The molecule has 0 bridgehead atoms. The van der Waals surface area contributed by atoms with E-state index in [0.717, 1.165) is 32.9 Å². The number of hydrogen-bond donors (Lipinski definition) is 1. The summed E-state index contributed by atoms with van der Waals surface area (Å²) < 4.78 is 23.5. The number of nitrogens with one attached hydrogen (secondary N) is 1. The Kier molecular flexibility index (Phi) is 4.51. The first-order valence-electron chi connectivity index (χ1n) is 9.89. The van der Waals surface area contributed by atoms with Crippen LogP contribution in [0.2, 0.25) is 0 Å². The van der Waals surface area contributed by atoms with Crippen LogP contribution in [0.4, 0.5) is 0 Å². The van der Waals surface area contributed by atoms with Crippen LogP contribution in [0.3, 0.4) is 0 Å². The fraction of sp³-hybridized carbons (Fsp3) is 0.167. The second-order valence-corrected chi connectivity index (χ2v) is 9.90. The Hall–Kier alpha value is -3.25. The maximum atomic E-state index is 13.1. The Morgan fingerprint density at radius 2 is 1.67 bits per heavy atom. The molecule has 150 valence electrons. The number of para-hydroxylation sites is 1. The molecular weight excluding hydrogens is 396 g/mol. The van der Waals surface area contributed by atoms with Crippen molar-refractivity contribution in [1.29, 1.82) is 0 Å². The first kappa shape index (κ1) is 18.8. The van der Waals surface area contributed by atoms with Gasteiger partial charge in [-0.25, -0.2) is 13.4 Å². The number of amides is 1. The van der Waals surface area contributed by atoms with E-state index in [4.69, 9.17) is 4.98 Å². The van der Waals surface area contributed by atoms with Gasteiger partial charge in [0, 0.05) is 17.0 Å². The zero-order valence-corrected chi connectivity index (χ0v) is 17.0. The molecule has 1 fully saturated rings. The number of pyridine rings is 1. The summed E-state index contributed by atoms with van der Waals surface area (Å²) in [6.45, 7) is 0. The van der Waals surface area contributed by atoms with Crippen molar-refractivity contribution in [1.82, 2.24) is 10.3 Å². The summed E-state index contributed by atoms with van der Waals surface area (Å²) in [5.41, 5.74) is 2.91. The monoisotopic (exact) mass is 416 g/mol. The lowest BCUT2D eigenvalue weighted by Gasteiger charge is -2.14. The van der Waals surface area contributed by atoms with Crippen molar-refractivity contribution in [3.05, 3.63) is 78.4 Å². The number of fused-ring (bicyclic) bond motifs is 2. The van der Waals surface area contributed by atoms with Crippen molar-refractivity contribution < 1.29 is 13.2 Å². The van der Waals surface area contributed by atoms with Crippen LogP contribution in [0.5, 0.6) is 0 Å². The van der Waals surface area contributed by atoms with Gasteiger partial charge in [-0.05, 0) is 29.3 Å². The molecule has 5 nitrogen and oxygen atoms in total. The highest BCUT2D eigenvalue weighted by Crippen LogP contribution is 2.30. The number of sulfone groups is 1. The first-order chi connectivity index (χ1) is 14.5. The summed E-state index contributed by atoms with van der Waals surface area (Å²) in [5.74, 6) is -0.147. The summed E-state index contributed by atoms with van der Waals surface area (Å²) in [4.78, 5) is 18.0. The molecule has 30 heavy (non-hydrogen) atoms. The van der Waals surface area contributed by atoms with Crippen molar-refractivity contribution in [3.8, 4) is 11.3 Å². The van der Waals surface area contributed by atoms with Crippen molar-refractivity contribution in [2.24, 2.45) is 0 Å². The number of nitrogens with zero attached hydrogens (tertiary/aromatic N) is 1. The van der Waals surface area contributed by atoms with Crippen LogP contribution in [-0.2, 0) is 9.84 Å². The van der Waals surface area contributed by atoms with Crippen molar-refractivity contribution in [2.45, 2.75) is 12.5 Å². The molecule has 0 radical (unpaired) electrons. The molecule has 5 rings (SSSR count). The average molecular weight is 417 g/mol. The van der Waals surface area contributed by atoms with Crippen molar-refractivity contribution >= 4 is 37.4 Å². The second-order valence-electron chi connectivity index (χ2n) is 7.67. The van der Waals surface area contributed by atoms with Gasteiger partial charge in [0.2, 0.25) is 0 Å². The van der Waals surface area contributed by atoms with Crippen molar-refractivity contribution in [2.75, 3.05) is 11.5 Å². The average Bonchev–Trinajstić information content (AvgIpc) is 3.10. The zero-order chi connectivity index (χ0) is 20.7. The molecule has 1 saturated heterocycles. The molecule has 1 atom stereocenters. The van der Waals surface area contributed by atoms with E-state index in [1.54, 1.807) is 0 Å². The maximum absolute atomic E-state index is 13.1. The summed E-state index contributed by atoms with van der Waals surface area (Å²) >= 11 is 0. The van der Waals surface area contributed by atoms with Gasteiger partial charge in [-0.2, -0.15) is 0 Å². The van der Waals surface area contributed by atoms with E-state index < -0.39 is 9.84 Å². The molecular formula is C24H20N2O3S. The van der Waals surface area contributed by atoms with Gasteiger partial charge in [-0.1, -0.05) is 60.7 Å².